The summed E-state index contributed by atoms with van der Waals surface area (Å²) in [4.78, 5) is 37.7. The van der Waals surface area contributed by atoms with Gasteiger partial charge in [0.05, 0.1) is 0 Å². The topological polar surface area (TPSA) is 84.5 Å². The summed E-state index contributed by atoms with van der Waals surface area (Å²) in [5.41, 5.74) is 3.39. The van der Waals surface area contributed by atoms with Crippen molar-refractivity contribution in [1.82, 2.24) is 5.32 Å². The van der Waals surface area contributed by atoms with Crippen LogP contribution in [-0.2, 0) is 14.3 Å². The number of hydrogen-bond donors (Lipinski definition) is 2. The molecule has 0 aromatic heterocycles. The molecule has 1 atom stereocenters. The van der Waals surface area contributed by atoms with Crippen LogP contribution in [0.4, 0.5) is 5.69 Å². The lowest BCUT2D eigenvalue weighted by atomic mass is 10.1. The van der Waals surface area contributed by atoms with E-state index in [0.29, 0.717) is 21.8 Å². The lowest BCUT2D eigenvalue weighted by molar-refractivity contribution is -0.153. The Morgan fingerprint density at radius 1 is 0.938 bits per heavy atom. The first-order valence-electron chi connectivity index (χ1n) is 10.00. The molecule has 32 heavy (non-hydrogen) atoms. The number of ether oxygens (including phenoxy) is 1. The quantitative estimate of drug-likeness (QED) is 0.515. The van der Waals surface area contributed by atoms with Crippen LogP contribution in [0, 0.1) is 13.8 Å². The predicted octanol–water partition coefficient (Wildman–Crippen LogP) is 4.61. The van der Waals surface area contributed by atoms with Gasteiger partial charge in [0.1, 0.15) is 6.54 Å². The average molecular weight is 451 g/mol. The normalized spacial score (nSPS) is 11.3. The lowest BCUT2D eigenvalue weighted by Crippen LogP contribution is -2.33. The number of nitrogens with one attached hydrogen (secondary N) is 2. The Hall–Kier alpha value is -3.64. The summed E-state index contributed by atoms with van der Waals surface area (Å²) in [6, 6.07) is 20.7. The second-order valence-electron chi connectivity index (χ2n) is 7.28. The monoisotopic (exact) mass is 450 g/mol. The maximum atomic E-state index is 13.0. The maximum Gasteiger partial charge on any atom is 0.326 e. The third kappa shape index (κ3) is 6.18. The van der Waals surface area contributed by atoms with Crippen LogP contribution in [-0.4, -0.2) is 24.3 Å². The molecule has 164 valence electrons. The highest BCUT2D eigenvalue weighted by molar-refractivity contribution is 6.30. The van der Waals surface area contributed by atoms with Crippen LogP contribution >= 0.6 is 11.6 Å². The van der Waals surface area contributed by atoms with E-state index < -0.39 is 23.9 Å². The summed E-state index contributed by atoms with van der Waals surface area (Å²) < 4.78 is 5.46. The van der Waals surface area contributed by atoms with E-state index in [-0.39, 0.29) is 6.54 Å². The summed E-state index contributed by atoms with van der Waals surface area (Å²) in [7, 11) is 0. The molecule has 0 heterocycles. The first kappa shape index (κ1) is 23.0. The summed E-state index contributed by atoms with van der Waals surface area (Å²) in [5, 5.41) is 5.83. The molecule has 0 aliphatic heterocycles. The number of esters is 1. The van der Waals surface area contributed by atoms with Gasteiger partial charge in [0.25, 0.3) is 11.8 Å². The van der Waals surface area contributed by atoms with E-state index in [1.54, 1.807) is 54.6 Å². The molecule has 0 saturated carbocycles. The fourth-order valence-corrected chi connectivity index (χ4v) is 3.12. The van der Waals surface area contributed by atoms with Gasteiger partial charge in [-0.15, -0.1) is 0 Å². The molecule has 7 heteroatoms. The zero-order valence-electron chi connectivity index (χ0n) is 17.7. The first-order chi connectivity index (χ1) is 15.3. The molecule has 0 saturated heterocycles. The van der Waals surface area contributed by atoms with Crippen molar-refractivity contribution in [2.75, 3.05) is 11.9 Å². The van der Waals surface area contributed by atoms with Crippen molar-refractivity contribution in [1.29, 1.82) is 0 Å². The second-order valence-corrected chi connectivity index (χ2v) is 7.71. The molecule has 2 N–H and O–H groups in total. The Morgan fingerprint density at radius 2 is 1.62 bits per heavy atom. The largest absolute Gasteiger partial charge is 0.446 e. The number of benzene rings is 3. The molecule has 6 nitrogen and oxygen atoms in total. The first-order valence-corrected chi connectivity index (χ1v) is 10.4. The second kappa shape index (κ2) is 10.6. The van der Waals surface area contributed by atoms with Crippen molar-refractivity contribution >= 4 is 35.1 Å². The van der Waals surface area contributed by atoms with Crippen molar-refractivity contribution in [2.45, 2.75) is 20.0 Å². The number of halogens is 1. The van der Waals surface area contributed by atoms with Gasteiger partial charge in [-0.2, -0.15) is 0 Å². The lowest BCUT2D eigenvalue weighted by Gasteiger charge is -2.19. The van der Waals surface area contributed by atoms with Crippen LogP contribution in [0.15, 0.2) is 72.8 Å². The van der Waals surface area contributed by atoms with Gasteiger partial charge < -0.3 is 15.4 Å². The minimum Gasteiger partial charge on any atom is -0.446 e. The van der Waals surface area contributed by atoms with Gasteiger partial charge >= 0.3 is 5.97 Å². The zero-order chi connectivity index (χ0) is 23.1. The standard InChI is InChI=1S/C25H23ClN2O4/c1-16-8-9-17(2)21(14-16)28-25(31)23(18-6-4-3-5-7-18)32-22(29)15-27-24(30)19-10-12-20(26)13-11-19/h3-14,23H,15H2,1-2H3,(H,27,30)(H,28,31)/t23-/m0/s1. The zero-order valence-corrected chi connectivity index (χ0v) is 18.5. The van der Waals surface area contributed by atoms with Gasteiger partial charge in [-0.25, -0.2) is 0 Å². The molecule has 3 rings (SSSR count). The smallest absolute Gasteiger partial charge is 0.326 e. The van der Waals surface area contributed by atoms with Crippen LogP contribution in [0.5, 0.6) is 0 Å². The number of anilines is 1. The van der Waals surface area contributed by atoms with Gasteiger partial charge in [0.2, 0.25) is 6.10 Å². The Kier molecular flexibility index (Phi) is 7.63. The molecule has 0 aliphatic carbocycles. The molecular weight excluding hydrogens is 428 g/mol. The predicted molar refractivity (Wildman–Crippen MR) is 124 cm³/mol. The molecule has 0 fully saturated rings. The fourth-order valence-electron chi connectivity index (χ4n) is 3.00. The van der Waals surface area contributed by atoms with E-state index in [1.807, 2.05) is 32.0 Å². The molecule has 0 unspecified atom stereocenters. The number of aryl methyl sites for hydroxylation is 2. The number of amides is 2. The number of hydrogen-bond acceptors (Lipinski definition) is 4. The van der Waals surface area contributed by atoms with Crippen LogP contribution in [0.1, 0.15) is 33.2 Å². The van der Waals surface area contributed by atoms with Gasteiger partial charge in [0.15, 0.2) is 0 Å². The Labute approximate surface area is 191 Å². The SMILES string of the molecule is Cc1ccc(C)c(NC(=O)[C@@H](OC(=O)CNC(=O)c2ccc(Cl)cc2)c2ccccc2)c1. The summed E-state index contributed by atoms with van der Waals surface area (Å²) in [5.74, 6) is -1.67. The van der Waals surface area contributed by atoms with Crippen molar-refractivity contribution in [3.63, 3.8) is 0 Å². The Bertz CT molecular complexity index is 1110. The van der Waals surface area contributed by atoms with Crippen molar-refractivity contribution in [3.05, 3.63) is 100 Å². The van der Waals surface area contributed by atoms with Gasteiger partial charge in [-0.1, -0.05) is 54.1 Å². The van der Waals surface area contributed by atoms with Crippen LogP contribution in [0.2, 0.25) is 5.02 Å². The van der Waals surface area contributed by atoms with Crippen LogP contribution in [0.25, 0.3) is 0 Å². The third-order valence-electron chi connectivity index (χ3n) is 4.74. The minimum absolute atomic E-state index is 0.356. The van der Waals surface area contributed by atoms with Crippen LogP contribution in [0.3, 0.4) is 0 Å². The molecule has 0 bridgehead atoms. The van der Waals surface area contributed by atoms with Crippen LogP contribution < -0.4 is 10.6 Å². The van der Waals surface area contributed by atoms with Crippen molar-refractivity contribution < 1.29 is 19.1 Å². The van der Waals surface area contributed by atoms with Gasteiger partial charge in [0, 0.05) is 21.8 Å². The molecule has 0 aliphatic rings. The highest BCUT2D eigenvalue weighted by atomic mass is 35.5. The molecule has 3 aromatic carbocycles. The number of rotatable bonds is 7. The highest BCUT2D eigenvalue weighted by Crippen LogP contribution is 2.22. The van der Waals surface area contributed by atoms with E-state index in [1.165, 1.54) is 0 Å². The van der Waals surface area contributed by atoms with Crippen molar-refractivity contribution in [2.24, 2.45) is 0 Å². The van der Waals surface area contributed by atoms with E-state index in [0.717, 1.165) is 11.1 Å². The van der Waals surface area contributed by atoms with E-state index in [9.17, 15) is 14.4 Å². The van der Waals surface area contributed by atoms with E-state index in [2.05, 4.69) is 10.6 Å². The summed E-state index contributed by atoms with van der Waals surface area (Å²) >= 11 is 5.82. The minimum atomic E-state index is -1.17. The maximum absolute atomic E-state index is 13.0. The molecule has 3 aromatic rings. The summed E-state index contributed by atoms with van der Waals surface area (Å²) in [6.07, 6.45) is -1.17. The third-order valence-corrected chi connectivity index (χ3v) is 4.99. The van der Waals surface area contributed by atoms with Crippen molar-refractivity contribution in [3.8, 4) is 0 Å². The van der Waals surface area contributed by atoms with E-state index in [4.69, 9.17) is 16.3 Å². The molecule has 0 spiro atoms. The fraction of sp³-hybridized carbons (Fsp3) is 0.160. The van der Waals surface area contributed by atoms with Gasteiger partial charge in [-0.05, 0) is 55.3 Å². The highest BCUT2D eigenvalue weighted by Gasteiger charge is 2.25. The Balaban J connectivity index is 1.69. The summed E-state index contributed by atoms with van der Waals surface area (Å²) in [6.45, 7) is 3.42. The molecule has 0 radical (unpaired) electrons. The molecular formula is C25H23ClN2O4. The number of carbonyl (C=O) groups is 3. The number of carbonyl (C=O) groups excluding carboxylic acids is 3. The Morgan fingerprint density at radius 3 is 2.31 bits per heavy atom. The average Bonchev–Trinajstić information content (AvgIpc) is 2.79. The van der Waals surface area contributed by atoms with Gasteiger partial charge in [-0.3, -0.25) is 14.4 Å². The van der Waals surface area contributed by atoms with E-state index >= 15 is 0 Å². The molecule has 2 amide bonds.